The van der Waals surface area contributed by atoms with Crippen molar-refractivity contribution < 1.29 is 9.90 Å². The van der Waals surface area contributed by atoms with Gasteiger partial charge in [-0.05, 0) is 37.8 Å². The van der Waals surface area contributed by atoms with Crippen molar-refractivity contribution in [2.45, 2.75) is 37.8 Å². The lowest BCUT2D eigenvalue weighted by Crippen LogP contribution is -2.39. The Balaban J connectivity index is 1.84. The van der Waals surface area contributed by atoms with Gasteiger partial charge in [0, 0.05) is 12.1 Å². The third-order valence-corrected chi connectivity index (χ3v) is 3.38. The minimum absolute atomic E-state index is 0.0914. The number of nitrogens with two attached hydrogens (primary N) is 1. The Hall–Kier alpha value is -1.91. The molecule has 1 saturated carbocycles. The first kappa shape index (κ1) is 12.5. The molecule has 18 heavy (non-hydrogen) atoms. The SMILES string of the molecule is Nc1ccccc1N[C@H]1CC[C@H](NC(=O)O)CC1. The number of benzene rings is 1. The second-order valence-electron chi connectivity index (χ2n) is 4.73. The van der Waals surface area contributed by atoms with E-state index in [0.29, 0.717) is 6.04 Å². The molecule has 0 bridgehead atoms. The van der Waals surface area contributed by atoms with Crippen molar-refractivity contribution in [3.63, 3.8) is 0 Å². The highest BCUT2D eigenvalue weighted by atomic mass is 16.4. The monoisotopic (exact) mass is 249 g/mol. The minimum atomic E-state index is -0.932. The molecule has 0 aliphatic heterocycles. The van der Waals surface area contributed by atoms with E-state index in [1.807, 2.05) is 24.3 Å². The van der Waals surface area contributed by atoms with E-state index < -0.39 is 6.09 Å². The number of carboxylic acid groups (broad SMARTS) is 1. The summed E-state index contributed by atoms with van der Waals surface area (Å²) in [6.45, 7) is 0. The van der Waals surface area contributed by atoms with Crippen molar-refractivity contribution in [1.82, 2.24) is 5.32 Å². The molecule has 2 rings (SSSR count). The summed E-state index contributed by atoms with van der Waals surface area (Å²) in [5, 5.41) is 14.6. The summed E-state index contributed by atoms with van der Waals surface area (Å²) in [6, 6.07) is 8.18. The Morgan fingerprint density at radius 3 is 2.39 bits per heavy atom. The molecule has 0 unspecified atom stereocenters. The van der Waals surface area contributed by atoms with Gasteiger partial charge in [-0.25, -0.2) is 4.79 Å². The summed E-state index contributed by atoms with van der Waals surface area (Å²) in [7, 11) is 0. The van der Waals surface area contributed by atoms with Gasteiger partial charge < -0.3 is 21.5 Å². The molecule has 0 atom stereocenters. The third-order valence-electron chi connectivity index (χ3n) is 3.38. The van der Waals surface area contributed by atoms with Crippen molar-refractivity contribution in [1.29, 1.82) is 0 Å². The second-order valence-corrected chi connectivity index (χ2v) is 4.73. The Morgan fingerprint density at radius 2 is 1.78 bits per heavy atom. The molecule has 5 N–H and O–H groups in total. The van der Waals surface area contributed by atoms with E-state index in [2.05, 4.69) is 10.6 Å². The van der Waals surface area contributed by atoms with Gasteiger partial charge in [0.1, 0.15) is 0 Å². The third kappa shape index (κ3) is 3.29. The molecule has 5 heteroatoms. The van der Waals surface area contributed by atoms with E-state index in [1.165, 1.54) is 0 Å². The molecule has 1 aliphatic rings. The molecule has 0 spiro atoms. The lowest BCUT2D eigenvalue weighted by atomic mass is 9.91. The van der Waals surface area contributed by atoms with Crippen LogP contribution in [0.1, 0.15) is 25.7 Å². The number of carbonyl (C=O) groups is 1. The summed E-state index contributed by atoms with van der Waals surface area (Å²) < 4.78 is 0. The van der Waals surface area contributed by atoms with Crippen LogP contribution in [0.25, 0.3) is 0 Å². The van der Waals surface area contributed by atoms with Crippen LogP contribution in [0.5, 0.6) is 0 Å². The summed E-state index contributed by atoms with van der Waals surface area (Å²) in [4.78, 5) is 10.5. The van der Waals surface area contributed by atoms with Crippen LogP contribution in [0, 0.1) is 0 Å². The summed E-state index contributed by atoms with van der Waals surface area (Å²) in [5.74, 6) is 0. The van der Waals surface area contributed by atoms with E-state index in [1.54, 1.807) is 0 Å². The molecule has 98 valence electrons. The van der Waals surface area contributed by atoms with Gasteiger partial charge in [0.25, 0.3) is 0 Å². The maximum Gasteiger partial charge on any atom is 0.404 e. The van der Waals surface area contributed by atoms with Crippen molar-refractivity contribution in [2.75, 3.05) is 11.1 Å². The smallest absolute Gasteiger partial charge is 0.404 e. The number of hydrogen-bond donors (Lipinski definition) is 4. The van der Waals surface area contributed by atoms with Crippen LogP contribution >= 0.6 is 0 Å². The fourth-order valence-corrected chi connectivity index (χ4v) is 2.41. The molecule has 0 heterocycles. The number of nitrogen functional groups attached to an aromatic ring is 1. The zero-order valence-corrected chi connectivity index (χ0v) is 10.2. The van der Waals surface area contributed by atoms with Crippen molar-refractivity contribution in [3.8, 4) is 0 Å². The Morgan fingerprint density at radius 1 is 1.17 bits per heavy atom. The van der Waals surface area contributed by atoms with Crippen LogP contribution in [-0.4, -0.2) is 23.3 Å². The Labute approximate surface area is 106 Å². The largest absolute Gasteiger partial charge is 0.465 e. The number of rotatable bonds is 3. The average Bonchev–Trinajstić information content (AvgIpc) is 2.34. The fourth-order valence-electron chi connectivity index (χ4n) is 2.41. The quantitative estimate of drug-likeness (QED) is 0.619. The van der Waals surface area contributed by atoms with E-state index in [0.717, 1.165) is 37.1 Å². The average molecular weight is 249 g/mol. The highest BCUT2D eigenvalue weighted by Crippen LogP contribution is 2.25. The van der Waals surface area contributed by atoms with Crippen LogP contribution in [0.3, 0.4) is 0 Å². The van der Waals surface area contributed by atoms with Gasteiger partial charge >= 0.3 is 6.09 Å². The molecule has 0 saturated heterocycles. The predicted molar refractivity (Wildman–Crippen MR) is 71.7 cm³/mol. The summed E-state index contributed by atoms with van der Waals surface area (Å²) >= 11 is 0. The first-order chi connectivity index (χ1) is 8.65. The first-order valence-corrected chi connectivity index (χ1v) is 6.25. The molecule has 1 fully saturated rings. The van der Waals surface area contributed by atoms with Crippen LogP contribution in [-0.2, 0) is 0 Å². The number of amides is 1. The number of para-hydroxylation sites is 2. The molecule has 0 aromatic heterocycles. The maximum absolute atomic E-state index is 10.5. The fraction of sp³-hybridized carbons (Fsp3) is 0.462. The second kappa shape index (κ2) is 5.62. The lowest BCUT2D eigenvalue weighted by Gasteiger charge is -2.29. The van der Waals surface area contributed by atoms with Gasteiger partial charge in [-0.15, -0.1) is 0 Å². The van der Waals surface area contributed by atoms with Gasteiger partial charge in [-0.1, -0.05) is 12.1 Å². The van der Waals surface area contributed by atoms with E-state index in [-0.39, 0.29) is 6.04 Å². The van der Waals surface area contributed by atoms with Gasteiger partial charge in [-0.3, -0.25) is 0 Å². The van der Waals surface area contributed by atoms with E-state index in [4.69, 9.17) is 10.8 Å². The molecule has 0 radical (unpaired) electrons. The summed E-state index contributed by atoms with van der Waals surface area (Å²) in [6.07, 6.45) is 2.73. The molecule has 1 aromatic carbocycles. The van der Waals surface area contributed by atoms with E-state index in [9.17, 15) is 4.79 Å². The first-order valence-electron chi connectivity index (χ1n) is 6.25. The van der Waals surface area contributed by atoms with Gasteiger partial charge in [0.15, 0.2) is 0 Å². The molecule has 1 aromatic rings. The van der Waals surface area contributed by atoms with Crippen LogP contribution < -0.4 is 16.4 Å². The normalized spacial score (nSPS) is 23.3. The topological polar surface area (TPSA) is 87.4 Å². The zero-order valence-electron chi connectivity index (χ0n) is 10.2. The Bertz CT molecular complexity index is 414. The van der Waals surface area contributed by atoms with Crippen LogP contribution in [0.15, 0.2) is 24.3 Å². The summed E-state index contributed by atoms with van der Waals surface area (Å²) in [5.41, 5.74) is 7.60. The van der Waals surface area contributed by atoms with Crippen molar-refractivity contribution in [2.24, 2.45) is 0 Å². The molecule has 1 amide bonds. The van der Waals surface area contributed by atoms with Gasteiger partial charge in [0.2, 0.25) is 0 Å². The Kier molecular flexibility index (Phi) is 3.92. The van der Waals surface area contributed by atoms with E-state index >= 15 is 0 Å². The molecular weight excluding hydrogens is 230 g/mol. The lowest BCUT2D eigenvalue weighted by molar-refractivity contribution is 0.185. The predicted octanol–water partition coefficient (Wildman–Crippen LogP) is 2.26. The molecule has 1 aliphatic carbocycles. The van der Waals surface area contributed by atoms with Crippen molar-refractivity contribution in [3.05, 3.63) is 24.3 Å². The number of anilines is 2. The standard InChI is InChI=1S/C13H19N3O2/c14-11-3-1-2-4-12(11)15-9-5-7-10(8-6-9)16-13(17)18/h1-4,9-10,15-16H,5-8,14H2,(H,17,18)/t9-,10-. The van der Waals surface area contributed by atoms with Gasteiger partial charge in [0.05, 0.1) is 11.4 Å². The number of nitrogens with one attached hydrogen (secondary N) is 2. The number of hydrogen-bond acceptors (Lipinski definition) is 3. The minimum Gasteiger partial charge on any atom is -0.465 e. The van der Waals surface area contributed by atoms with Gasteiger partial charge in [-0.2, -0.15) is 0 Å². The van der Waals surface area contributed by atoms with Crippen LogP contribution in [0.2, 0.25) is 0 Å². The zero-order chi connectivity index (χ0) is 13.0. The molecule has 5 nitrogen and oxygen atoms in total. The highest BCUT2D eigenvalue weighted by molar-refractivity contribution is 5.66. The molecular formula is C13H19N3O2. The van der Waals surface area contributed by atoms with Crippen molar-refractivity contribution >= 4 is 17.5 Å². The van der Waals surface area contributed by atoms with Crippen LogP contribution in [0.4, 0.5) is 16.2 Å². The highest BCUT2D eigenvalue weighted by Gasteiger charge is 2.22. The maximum atomic E-state index is 10.5.